The van der Waals surface area contributed by atoms with Crippen LogP contribution in [0.25, 0.3) is 11.3 Å². The number of hydrogen-bond acceptors (Lipinski definition) is 6. The van der Waals surface area contributed by atoms with Gasteiger partial charge in [-0.15, -0.1) is 5.10 Å². The fourth-order valence-electron chi connectivity index (χ4n) is 3.02. The third-order valence-corrected chi connectivity index (χ3v) is 4.41. The quantitative estimate of drug-likeness (QED) is 0.873. The molecule has 4 heterocycles. The van der Waals surface area contributed by atoms with Crippen LogP contribution >= 0.6 is 0 Å². The molecular weight excluding hydrogens is 310 g/mol. The van der Waals surface area contributed by atoms with E-state index in [9.17, 15) is 4.79 Å². The van der Waals surface area contributed by atoms with Crippen LogP contribution < -0.4 is 5.32 Å². The van der Waals surface area contributed by atoms with E-state index in [1.165, 1.54) is 0 Å². The van der Waals surface area contributed by atoms with Crippen molar-refractivity contribution >= 4 is 5.91 Å². The summed E-state index contributed by atoms with van der Waals surface area (Å²) in [7, 11) is 0. The van der Waals surface area contributed by atoms with Crippen molar-refractivity contribution in [3.05, 3.63) is 30.2 Å². The minimum atomic E-state index is -0.104. The van der Waals surface area contributed by atoms with Gasteiger partial charge in [0, 0.05) is 31.1 Å². The standard InChI is InChI=1S/C16H19N5O3/c22-16(12-3-5-23-9-12)18-7-13-8-21-14(10-24-13)15(19-20-21)11-2-1-4-17-6-11/h1-2,4,6,12-13H,3,5,7-10H2,(H,18,22)/t12-,13-/m1/s1. The second-order valence-electron chi connectivity index (χ2n) is 6.05. The largest absolute Gasteiger partial charge is 0.381 e. The number of carbonyl (C=O) groups excluding carboxylic acids is 1. The minimum Gasteiger partial charge on any atom is -0.381 e. The summed E-state index contributed by atoms with van der Waals surface area (Å²) in [6, 6.07) is 3.82. The molecule has 0 saturated carbocycles. The molecule has 0 radical (unpaired) electrons. The summed E-state index contributed by atoms with van der Waals surface area (Å²) in [6.07, 6.45) is 4.18. The van der Waals surface area contributed by atoms with Crippen LogP contribution in [0.3, 0.4) is 0 Å². The topological polar surface area (TPSA) is 91.2 Å². The molecule has 8 nitrogen and oxygen atoms in total. The number of nitrogens with zero attached hydrogens (tertiary/aromatic N) is 4. The van der Waals surface area contributed by atoms with Crippen LogP contribution in [0.5, 0.6) is 0 Å². The number of pyridine rings is 1. The van der Waals surface area contributed by atoms with E-state index in [1.807, 2.05) is 16.8 Å². The van der Waals surface area contributed by atoms with Crippen LogP contribution in [0.2, 0.25) is 0 Å². The highest BCUT2D eigenvalue weighted by molar-refractivity contribution is 5.79. The van der Waals surface area contributed by atoms with E-state index in [1.54, 1.807) is 12.4 Å². The molecule has 1 amide bonds. The van der Waals surface area contributed by atoms with Crippen LogP contribution in [-0.2, 0) is 27.4 Å². The predicted octanol–water partition coefficient (Wildman–Crippen LogP) is 0.392. The van der Waals surface area contributed by atoms with Gasteiger partial charge < -0.3 is 14.8 Å². The van der Waals surface area contributed by atoms with Crippen LogP contribution in [0, 0.1) is 5.92 Å². The van der Waals surface area contributed by atoms with Crippen LogP contribution in [0.1, 0.15) is 12.1 Å². The first-order valence-corrected chi connectivity index (χ1v) is 8.11. The van der Waals surface area contributed by atoms with Crippen molar-refractivity contribution in [2.75, 3.05) is 19.8 Å². The second-order valence-corrected chi connectivity index (χ2v) is 6.05. The maximum Gasteiger partial charge on any atom is 0.225 e. The average molecular weight is 329 g/mol. The number of carbonyl (C=O) groups is 1. The Kier molecular flexibility index (Phi) is 4.22. The molecular formula is C16H19N5O3. The van der Waals surface area contributed by atoms with E-state index >= 15 is 0 Å². The normalized spacial score (nSPS) is 23.0. The zero-order valence-corrected chi connectivity index (χ0v) is 13.2. The highest BCUT2D eigenvalue weighted by atomic mass is 16.5. The molecule has 0 aliphatic carbocycles. The second kappa shape index (κ2) is 6.66. The Morgan fingerprint density at radius 2 is 2.42 bits per heavy atom. The summed E-state index contributed by atoms with van der Waals surface area (Å²) in [6.45, 7) is 2.64. The third kappa shape index (κ3) is 3.02. The van der Waals surface area contributed by atoms with Gasteiger partial charge in [0.1, 0.15) is 5.69 Å². The van der Waals surface area contributed by atoms with Gasteiger partial charge in [0.2, 0.25) is 5.91 Å². The van der Waals surface area contributed by atoms with E-state index < -0.39 is 0 Å². The number of aromatic nitrogens is 4. The molecule has 0 bridgehead atoms. The Morgan fingerprint density at radius 1 is 1.46 bits per heavy atom. The van der Waals surface area contributed by atoms with Crippen LogP contribution in [-0.4, -0.2) is 51.7 Å². The van der Waals surface area contributed by atoms with Gasteiger partial charge in [-0.1, -0.05) is 5.21 Å². The van der Waals surface area contributed by atoms with Gasteiger partial charge in [0.05, 0.1) is 37.5 Å². The van der Waals surface area contributed by atoms with E-state index in [4.69, 9.17) is 9.47 Å². The van der Waals surface area contributed by atoms with Gasteiger partial charge >= 0.3 is 0 Å². The van der Waals surface area contributed by atoms with Crippen molar-refractivity contribution in [2.45, 2.75) is 25.7 Å². The first-order chi connectivity index (χ1) is 11.8. The van der Waals surface area contributed by atoms with Crippen molar-refractivity contribution in [3.63, 3.8) is 0 Å². The predicted molar refractivity (Wildman–Crippen MR) is 83.8 cm³/mol. The lowest BCUT2D eigenvalue weighted by molar-refractivity contribution is -0.126. The van der Waals surface area contributed by atoms with E-state index in [0.29, 0.717) is 32.9 Å². The SMILES string of the molecule is O=C(NC[C@@H]1Cn2nnc(-c3cccnc3)c2CO1)[C@@H]1CCOC1. The fraction of sp³-hybridized carbons (Fsp3) is 0.500. The monoisotopic (exact) mass is 329 g/mol. The molecule has 24 heavy (non-hydrogen) atoms. The zero-order valence-electron chi connectivity index (χ0n) is 13.2. The number of fused-ring (bicyclic) bond motifs is 1. The van der Waals surface area contributed by atoms with Crippen molar-refractivity contribution in [1.82, 2.24) is 25.3 Å². The lowest BCUT2D eigenvalue weighted by Crippen LogP contribution is -2.41. The molecule has 8 heteroatoms. The fourth-order valence-corrected chi connectivity index (χ4v) is 3.02. The van der Waals surface area contributed by atoms with Gasteiger partial charge in [0.15, 0.2) is 0 Å². The van der Waals surface area contributed by atoms with Crippen molar-refractivity contribution in [2.24, 2.45) is 5.92 Å². The van der Waals surface area contributed by atoms with Crippen molar-refractivity contribution in [3.8, 4) is 11.3 Å². The smallest absolute Gasteiger partial charge is 0.225 e. The molecule has 1 N–H and O–H groups in total. The molecule has 0 unspecified atom stereocenters. The molecule has 2 aromatic rings. The van der Waals surface area contributed by atoms with Gasteiger partial charge in [-0.2, -0.15) is 0 Å². The van der Waals surface area contributed by atoms with Crippen LogP contribution in [0.4, 0.5) is 0 Å². The Hall–Kier alpha value is -2.32. The Balaban J connectivity index is 1.38. The first kappa shape index (κ1) is 15.2. The minimum absolute atomic E-state index is 0.0345. The van der Waals surface area contributed by atoms with Crippen molar-refractivity contribution in [1.29, 1.82) is 0 Å². The van der Waals surface area contributed by atoms with Gasteiger partial charge in [-0.3, -0.25) is 9.78 Å². The molecule has 2 aliphatic rings. The van der Waals surface area contributed by atoms with Crippen molar-refractivity contribution < 1.29 is 14.3 Å². The van der Waals surface area contributed by atoms with E-state index in [0.717, 1.165) is 23.4 Å². The van der Waals surface area contributed by atoms with Crippen LogP contribution in [0.15, 0.2) is 24.5 Å². The molecule has 2 aromatic heterocycles. The Labute approximate surface area is 139 Å². The summed E-state index contributed by atoms with van der Waals surface area (Å²) in [5, 5.41) is 11.4. The number of rotatable bonds is 4. The molecule has 1 fully saturated rings. The molecule has 2 aliphatic heterocycles. The number of hydrogen-bond donors (Lipinski definition) is 1. The lowest BCUT2D eigenvalue weighted by Gasteiger charge is -2.24. The van der Waals surface area contributed by atoms with Gasteiger partial charge in [0.25, 0.3) is 0 Å². The molecule has 1 saturated heterocycles. The maximum absolute atomic E-state index is 12.0. The zero-order chi connectivity index (χ0) is 16.4. The summed E-state index contributed by atoms with van der Waals surface area (Å²) < 4.78 is 13.0. The number of ether oxygens (including phenoxy) is 2. The summed E-state index contributed by atoms with van der Waals surface area (Å²) >= 11 is 0. The summed E-state index contributed by atoms with van der Waals surface area (Å²) in [5.41, 5.74) is 2.67. The lowest BCUT2D eigenvalue weighted by atomic mass is 10.1. The maximum atomic E-state index is 12.0. The molecule has 4 rings (SSSR count). The molecule has 0 aromatic carbocycles. The van der Waals surface area contributed by atoms with E-state index in [-0.39, 0.29) is 17.9 Å². The number of nitrogens with one attached hydrogen (secondary N) is 1. The van der Waals surface area contributed by atoms with Gasteiger partial charge in [-0.25, -0.2) is 4.68 Å². The average Bonchev–Trinajstić information content (AvgIpc) is 3.30. The highest BCUT2D eigenvalue weighted by Gasteiger charge is 2.27. The molecule has 126 valence electrons. The molecule has 0 spiro atoms. The highest BCUT2D eigenvalue weighted by Crippen LogP contribution is 2.24. The Bertz CT molecular complexity index is 712. The first-order valence-electron chi connectivity index (χ1n) is 8.11. The Morgan fingerprint density at radius 3 is 3.21 bits per heavy atom. The summed E-state index contributed by atoms with van der Waals surface area (Å²) in [4.78, 5) is 16.1. The number of amides is 1. The molecule has 2 atom stereocenters. The summed E-state index contributed by atoms with van der Waals surface area (Å²) in [5.74, 6) is 0.00393. The van der Waals surface area contributed by atoms with E-state index in [2.05, 4.69) is 20.6 Å². The van der Waals surface area contributed by atoms with Gasteiger partial charge in [-0.05, 0) is 18.6 Å². The third-order valence-electron chi connectivity index (χ3n) is 4.41.